The van der Waals surface area contributed by atoms with Gasteiger partial charge in [0.2, 0.25) is 12.2 Å². The maximum Gasteiger partial charge on any atom is 0.349 e. The minimum atomic E-state index is -2.18. The van der Waals surface area contributed by atoms with Crippen molar-refractivity contribution >= 4 is 29.5 Å². The van der Waals surface area contributed by atoms with Crippen molar-refractivity contribution in [1.82, 2.24) is 0 Å². The van der Waals surface area contributed by atoms with E-state index in [1.165, 1.54) is 36.4 Å². The molecule has 2 atom stereocenters. The van der Waals surface area contributed by atoms with E-state index in [-0.39, 0.29) is 22.4 Å². The molecule has 0 unspecified atom stereocenters. The topological polar surface area (TPSA) is 143 Å². The fraction of sp³-hybridized carbons (Fsp3) is 0.148. The van der Waals surface area contributed by atoms with E-state index < -0.39 is 36.0 Å². The second-order valence-corrected chi connectivity index (χ2v) is 7.88. The second-order valence-electron chi connectivity index (χ2n) is 7.88. The second kappa shape index (κ2) is 11.4. The zero-order valence-electron chi connectivity index (χ0n) is 19.4. The molecular formula is C27H22N2O7. The number of hydrogen-bond donors (Lipinski definition) is 2. The summed E-state index contributed by atoms with van der Waals surface area (Å²) in [7, 11) is 0. The molecule has 0 aliphatic heterocycles. The highest BCUT2D eigenvalue weighted by molar-refractivity contribution is 6.02. The van der Waals surface area contributed by atoms with Crippen LogP contribution in [0.5, 0.6) is 0 Å². The third-order valence-corrected chi connectivity index (χ3v) is 5.06. The van der Waals surface area contributed by atoms with E-state index in [4.69, 9.17) is 9.47 Å². The van der Waals surface area contributed by atoms with E-state index in [1.807, 2.05) is 6.07 Å². The summed E-state index contributed by atoms with van der Waals surface area (Å²) in [6.07, 6.45) is -4.25. The Kier molecular flexibility index (Phi) is 8.15. The minimum Gasteiger partial charge on any atom is -0.478 e. The Balaban J connectivity index is 1.96. The summed E-state index contributed by atoms with van der Waals surface area (Å²) >= 11 is 0. The number of esters is 2. The zero-order valence-corrected chi connectivity index (χ0v) is 19.4. The molecule has 0 fully saturated rings. The monoisotopic (exact) mass is 486 g/mol. The summed E-state index contributed by atoms with van der Waals surface area (Å²) in [5, 5.41) is 21.5. The van der Waals surface area contributed by atoms with Crippen molar-refractivity contribution in [3.05, 3.63) is 101 Å². The molecule has 3 aromatic carbocycles. The molecule has 0 aliphatic carbocycles. The number of anilines is 1. The van der Waals surface area contributed by atoms with Crippen molar-refractivity contribution in [3.8, 4) is 6.07 Å². The lowest BCUT2D eigenvalue weighted by Gasteiger charge is -2.24. The molecule has 0 saturated carbocycles. The van der Waals surface area contributed by atoms with Gasteiger partial charge in [0, 0.05) is 0 Å². The van der Waals surface area contributed by atoms with Gasteiger partial charge in [-0.05, 0) is 50.2 Å². The van der Waals surface area contributed by atoms with E-state index in [0.29, 0.717) is 0 Å². The van der Waals surface area contributed by atoms with Crippen molar-refractivity contribution < 1.29 is 33.8 Å². The molecule has 3 aromatic rings. The van der Waals surface area contributed by atoms with Crippen LogP contribution in [0.2, 0.25) is 0 Å². The Morgan fingerprint density at radius 1 is 0.806 bits per heavy atom. The van der Waals surface area contributed by atoms with Gasteiger partial charge in [0.05, 0.1) is 22.4 Å². The molecule has 0 aromatic heterocycles. The number of nitriles is 1. The van der Waals surface area contributed by atoms with Gasteiger partial charge in [-0.15, -0.1) is 0 Å². The zero-order chi connectivity index (χ0) is 26.2. The molecule has 9 nitrogen and oxygen atoms in total. The first-order valence-corrected chi connectivity index (χ1v) is 10.8. The van der Waals surface area contributed by atoms with Crippen molar-refractivity contribution in [3.63, 3.8) is 0 Å². The van der Waals surface area contributed by atoms with Crippen molar-refractivity contribution in [2.75, 3.05) is 5.32 Å². The largest absolute Gasteiger partial charge is 0.478 e. The average Bonchev–Trinajstić information content (AvgIpc) is 2.86. The van der Waals surface area contributed by atoms with Gasteiger partial charge in [-0.2, -0.15) is 5.26 Å². The number of carbonyl (C=O) groups is 4. The third-order valence-electron chi connectivity index (χ3n) is 5.06. The Morgan fingerprint density at radius 2 is 1.33 bits per heavy atom. The van der Waals surface area contributed by atoms with Gasteiger partial charge in [0.1, 0.15) is 6.07 Å². The van der Waals surface area contributed by atoms with Crippen LogP contribution in [0.3, 0.4) is 0 Å². The quantitative estimate of drug-likeness (QED) is 0.459. The fourth-order valence-electron chi connectivity index (χ4n) is 3.30. The van der Waals surface area contributed by atoms with Crippen molar-refractivity contribution in [2.45, 2.75) is 26.1 Å². The Morgan fingerprint density at radius 3 is 1.83 bits per heavy atom. The van der Waals surface area contributed by atoms with Crippen LogP contribution in [0.15, 0.2) is 72.8 Å². The van der Waals surface area contributed by atoms with E-state index in [9.17, 15) is 29.5 Å². The van der Waals surface area contributed by atoms with Crippen LogP contribution in [0.1, 0.15) is 37.4 Å². The molecular weight excluding hydrogens is 464 g/mol. The summed E-state index contributed by atoms with van der Waals surface area (Å²) in [5.74, 6) is -4.82. The molecule has 0 heterocycles. The number of nitrogens with one attached hydrogen (secondary N) is 1. The Labute approximate surface area is 206 Å². The number of amides is 1. The number of benzene rings is 3. The van der Waals surface area contributed by atoms with E-state index in [0.717, 1.165) is 11.1 Å². The van der Waals surface area contributed by atoms with Crippen LogP contribution in [-0.4, -0.2) is 41.1 Å². The van der Waals surface area contributed by atoms with Gasteiger partial charge in [-0.1, -0.05) is 47.5 Å². The Hall–Kier alpha value is -4.97. The molecule has 182 valence electrons. The number of aliphatic carboxylic acids is 1. The molecule has 36 heavy (non-hydrogen) atoms. The number of carboxylic acid groups (broad SMARTS) is 1. The fourth-order valence-corrected chi connectivity index (χ4v) is 3.30. The summed E-state index contributed by atoms with van der Waals surface area (Å²) < 4.78 is 10.4. The number of rotatable bonds is 8. The number of hydrogen-bond acceptors (Lipinski definition) is 7. The highest BCUT2D eigenvalue weighted by Crippen LogP contribution is 2.19. The maximum atomic E-state index is 13.2. The molecule has 3 rings (SSSR count). The lowest BCUT2D eigenvalue weighted by atomic mass is 10.1. The summed E-state index contributed by atoms with van der Waals surface area (Å²) in [6.45, 7) is 3.47. The first-order chi connectivity index (χ1) is 17.2. The summed E-state index contributed by atoms with van der Waals surface area (Å²) in [5.41, 5.74) is 1.74. The first kappa shape index (κ1) is 25.6. The van der Waals surface area contributed by atoms with Gasteiger partial charge < -0.3 is 19.9 Å². The predicted octanol–water partition coefficient (Wildman–Crippen LogP) is 3.65. The van der Waals surface area contributed by atoms with E-state index in [2.05, 4.69) is 5.32 Å². The molecule has 0 radical (unpaired) electrons. The third kappa shape index (κ3) is 6.33. The lowest BCUT2D eigenvalue weighted by molar-refractivity contribution is -0.157. The Bertz CT molecular complexity index is 1360. The molecule has 0 bridgehead atoms. The SMILES string of the molecule is Cc1cccc(C(=O)O[C@H](C(=O)O)[C@H](OC(=O)c2cccc(C)c2)C(=O)Nc2ccccc2C#N)c1. The number of para-hydroxylation sites is 1. The van der Waals surface area contributed by atoms with Crippen LogP contribution in [0.25, 0.3) is 0 Å². The number of carbonyl (C=O) groups excluding carboxylic acids is 3. The van der Waals surface area contributed by atoms with Gasteiger partial charge in [0.25, 0.3) is 5.91 Å². The molecule has 0 spiro atoms. The highest BCUT2D eigenvalue weighted by Gasteiger charge is 2.41. The number of nitrogens with zero attached hydrogens (tertiary/aromatic N) is 1. The van der Waals surface area contributed by atoms with Crippen LogP contribution in [-0.2, 0) is 19.1 Å². The van der Waals surface area contributed by atoms with Gasteiger partial charge in [-0.3, -0.25) is 4.79 Å². The highest BCUT2D eigenvalue weighted by atomic mass is 16.6. The van der Waals surface area contributed by atoms with Gasteiger partial charge >= 0.3 is 17.9 Å². The van der Waals surface area contributed by atoms with Crippen LogP contribution in [0.4, 0.5) is 5.69 Å². The molecule has 9 heteroatoms. The van der Waals surface area contributed by atoms with Crippen LogP contribution >= 0.6 is 0 Å². The van der Waals surface area contributed by atoms with E-state index >= 15 is 0 Å². The number of ether oxygens (including phenoxy) is 2. The van der Waals surface area contributed by atoms with Crippen LogP contribution < -0.4 is 5.32 Å². The standard InChI is InChI=1S/C27H22N2O7/c1-16-7-5-10-18(13-16)26(33)35-22(24(30)29-21-12-4-3-9-20(21)15-28)23(25(31)32)36-27(34)19-11-6-8-17(2)14-19/h3-14,22-23H,1-2H3,(H,29,30)(H,31,32)/t22-,23-/m0/s1. The van der Waals surface area contributed by atoms with Gasteiger partial charge in [0.15, 0.2) is 0 Å². The van der Waals surface area contributed by atoms with Gasteiger partial charge in [-0.25, -0.2) is 14.4 Å². The molecule has 0 saturated heterocycles. The predicted molar refractivity (Wildman–Crippen MR) is 128 cm³/mol. The van der Waals surface area contributed by atoms with Crippen LogP contribution in [0, 0.1) is 25.2 Å². The van der Waals surface area contributed by atoms with E-state index in [1.54, 1.807) is 50.2 Å². The van der Waals surface area contributed by atoms with Crippen molar-refractivity contribution in [1.29, 1.82) is 5.26 Å². The lowest BCUT2D eigenvalue weighted by Crippen LogP contribution is -2.48. The maximum absolute atomic E-state index is 13.2. The van der Waals surface area contributed by atoms with Crippen molar-refractivity contribution in [2.24, 2.45) is 0 Å². The summed E-state index contributed by atoms with van der Waals surface area (Å²) in [6, 6.07) is 20.4. The number of carboxylic acids is 1. The molecule has 1 amide bonds. The number of aryl methyl sites for hydroxylation is 2. The smallest absolute Gasteiger partial charge is 0.349 e. The average molecular weight is 486 g/mol. The summed E-state index contributed by atoms with van der Waals surface area (Å²) in [4.78, 5) is 50.8. The molecule has 2 N–H and O–H groups in total. The first-order valence-electron chi connectivity index (χ1n) is 10.8. The normalized spacial score (nSPS) is 11.9. The minimum absolute atomic E-state index is 0.0558. The molecule has 0 aliphatic rings.